The Morgan fingerprint density at radius 3 is 1.63 bits per heavy atom. The van der Waals surface area contributed by atoms with E-state index in [1.165, 1.54) is 52.0 Å². The van der Waals surface area contributed by atoms with Crippen molar-refractivity contribution >= 4 is 127 Å². The molecule has 824 valence electrons. The lowest BCUT2D eigenvalue weighted by Gasteiger charge is -2.33. The lowest BCUT2D eigenvalue weighted by atomic mass is 9.85. The van der Waals surface area contributed by atoms with Crippen molar-refractivity contribution in [2.24, 2.45) is 23.3 Å². The number of fused-ring (bicyclic) bond motifs is 1. The summed E-state index contributed by atoms with van der Waals surface area (Å²) in [5.74, 6) is -3.97. The van der Waals surface area contributed by atoms with Crippen LogP contribution in [-0.4, -0.2) is 284 Å². The fourth-order valence-corrected chi connectivity index (χ4v) is 16.3. The fraction of sp³-hybridized carbons (Fsp3) is 0.589. The number of carbonyl (C=O) groups excluding carboxylic acids is 19. The minimum Gasteiger partial charge on any atom is -0.508 e. The van der Waals surface area contributed by atoms with Crippen LogP contribution in [0.4, 0.5) is 0 Å². The normalized spacial score (nSPS) is 21.2. The molecule has 1 aliphatic heterocycles. The van der Waals surface area contributed by atoms with Gasteiger partial charge in [-0.15, -0.1) is 0 Å². The Morgan fingerprint density at radius 2 is 1.07 bits per heavy atom. The van der Waals surface area contributed by atoms with Gasteiger partial charge in [0.25, 0.3) is 0 Å². The van der Waals surface area contributed by atoms with Gasteiger partial charge in [0.2, 0.25) is 58.6 Å². The summed E-state index contributed by atoms with van der Waals surface area (Å²) in [7, 11) is 0. The van der Waals surface area contributed by atoms with Gasteiger partial charge in [-0.05, 0) is 198 Å². The van der Waals surface area contributed by atoms with Gasteiger partial charge < -0.3 is 79.6 Å². The molecule has 2 heterocycles. The molecule has 0 saturated heterocycles. The van der Waals surface area contributed by atoms with E-state index in [-0.39, 0.29) is 195 Å². The number of phenols is 1. The average Bonchev–Trinajstić information content (AvgIpc) is 1.21. The molecule has 6 amide bonds. The first-order chi connectivity index (χ1) is 70.8. The molecule has 0 fully saturated rings. The molecule has 43 heteroatoms. The number of aliphatic carboxylic acids is 1. The monoisotopic (exact) mass is 2090 g/mol. The number of amides is 6. The van der Waals surface area contributed by atoms with Crippen LogP contribution in [0.5, 0.6) is 5.75 Å². The van der Waals surface area contributed by atoms with Gasteiger partial charge in [-0.25, -0.2) is 32.6 Å². The molecule has 18 atom stereocenters. The number of aliphatic hydroxyl groups is 1. The maximum atomic E-state index is 15.6. The van der Waals surface area contributed by atoms with Crippen LogP contribution in [0.25, 0.3) is 10.9 Å². The summed E-state index contributed by atoms with van der Waals surface area (Å²) >= 11 is 0. The van der Waals surface area contributed by atoms with Crippen LogP contribution < -0.4 is 103 Å². The van der Waals surface area contributed by atoms with Crippen molar-refractivity contribution in [2.45, 2.75) is 353 Å². The Morgan fingerprint density at radius 1 is 0.527 bits per heavy atom. The Labute approximate surface area is 877 Å². The minimum absolute atomic E-state index is 0.0349. The number of hydrogen-bond acceptors (Lipinski definition) is 35. The van der Waals surface area contributed by atoms with E-state index in [2.05, 4.69) is 120 Å². The highest BCUT2D eigenvalue weighted by Gasteiger charge is 2.45. The Hall–Kier alpha value is -12.4. The average molecular weight is 2090 g/mol. The summed E-state index contributed by atoms with van der Waals surface area (Å²) in [6, 6.07) is 3.51. The van der Waals surface area contributed by atoms with Gasteiger partial charge in [-0.1, -0.05) is 107 Å². The number of benzene rings is 3. The highest BCUT2D eigenvalue weighted by atomic mass is 16.4. The second kappa shape index (κ2) is 65.6. The van der Waals surface area contributed by atoms with E-state index < -0.39 is 228 Å². The Kier molecular flexibility index (Phi) is 56.0. The Bertz CT molecular complexity index is 5400. The molecule has 5 rings (SSSR count). The van der Waals surface area contributed by atoms with Crippen molar-refractivity contribution in [2.75, 3.05) is 39.4 Å². The van der Waals surface area contributed by atoms with Crippen molar-refractivity contribution in [3.8, 4) is 29.4 Å². The number of hydrazine groups is 3. The number of ketones is 13. The van der Waals surface area contributed by atoms with E-state index in [9.17, 15) is 92.0 Å². The van der Waals surface area contributed by atoms with Crippen LogP contribution in [0, 0.1) is 35.5 Å². The third kappa shape index (κ3) is 45.8. The molecule has 1 aliphatic rings. The van der Waals surface area contributed by atoms with E-state index in [1.54, 1.807) is 116 Å². The molecule has 0 bridgehead atoms. The third-order valence-electron chi connectivity index (χ3n) is 26.2. The molecule has 4 aromatic rings. The number of nitrogens with two attached hydrogens (primary N) is 2. The molecular formula is C107H158N20O23. The number of H-pyrrole nitrogens is 1. The molecule has 0 radical (unpaired) electrons. The highest BCUT2D eigenvalue weighted by Crippen LogP contribution is 2.25. The number of rotatable bonds is 55. The molecule has 0 unspecified atom stereocenters. The summed E-state index contributed by atoms with van der Waals surface area (Å²) in [6.45, 7) is 23.1. The number of carboxylic acids is 1. The number of hydrogen-bond donors (Lipinski definition) is 23. The number of primary amides is 2. The first-order valence-electron chi connectivity index (χ1n) is 51.4. The topological polar surface area (TPSA) is 674 Å². The van der Waals surface area contributed by atoms with Gasteiger partial charge in [0, 0.05) is 108 Å². The number of para-hydroxylation sites is 1. The summed E-state index contributed by atoms with van der Waals surface area (Å²) in [4.78, 5) is 281. The van der Waals surface area contributed by atoms with Crippen LogP contribution in [0.3, 0.4) is 0 Å². The number of aromatic amines is 1. The molecular weight excluding hydrogens is 1930 g/mol. The number of aromatic nitrogens is 1. The summed E-state index contributed by atoms with van der Waals surface area (Å²) < 4.78 is 0. The molecule has 150 heavy (non-hydrogen) atoms. The summed E-state index contributed by atoms with van der Waals surface area (Å²) in [5.41, 5.74) is 26.5. The molecule has 0 spiro atoms. The zero-order valence-electron chi connectivity index (χ0n) is 88.9. The first-order valence-corrected chi connectivity index (χ1v) is 51.4. The van der Waals surface area contributed by atoms with Gasteiger partial charge in [-0.3, -0.25) is 107 Å². The number of aromatic hydroxyl groups is 1. The van der Waals surface area contributed by atoms with E-state index in [4.69, 9.17) is 11.5 Å². The van der Waals surface area contributed by atoms with Gasteiger partial charge in [0.1, 0.15) is 41.5 Å². The standard InChI is InChI=1S/C107H158N20O23/c1-62(2)52-83(118-72(13)129)103(148)120-97(71(12)128)100(145)98(143)82(54-73-30-24-23-25-31-73)126-127-107(15)48-29-22-20-18-16-17-19-21-28-47-106(14,94(139)60-114-67(8)89(134)45-50-111-65(6)87(132)41-40-86(131)64(5)110-49-44-88(133)66(7)112-51-46-90(135)68(9)116-61-117-70(11)102(109)147)121-105(150)84(53-63(3)4)124-122-79(38-42-95(108)140)93(138)59-113-69(10)91(136)57-92(137)81(56-75-58-115-78-33-27-26-32-77(75)78)123-125-85(55-74-34-36-76(130)37-35-74)104(149)119-80(39-43-96(141)142)99(144)101(107)146/h23-27,30-37,58,62-71,79-85,97,110-117,122-128,130H,20-22,28-29,38-57,59-61H2,1-15H3,(H2,108,140)(H2,109,147)(H,118,129)(H,119,149)(H,120,148)(H,121,150)(H,141,142)/t64-,65-,66-,67-,68-,69-,70+,71+,79-,80-,81-,82-,83-,84-,85-,97-,106-,107+/m0/s1. The van der Waals surface area contributed by atoms with Gasteiger partial charge in [0.15, 0.2) is 40.5 Å². The molecule has 0 saturated carbocycles. The summed E-state index contributed by atoms with van der Waals surface area (Å²) in [6.07, 6.45) is -3.32. The SMILES string of the molecule is CC(=O)N[C@@H](CC(C)C)C(=O)N[C@H](C(=O)C(=O)[C@H](Cc1ccccc1)NN[C@]1(C)CCCCC#CC#CCCC[C@@](C)(C(=O)CN[C@@H](C)C(=O)CCN[C@@H](C)C(=O)CCC(=O)[C@H](C)NCCC(=O)[C@H](C)NCCC(=O)[C@H](C)NCN[C@H](C)C(N)=O)NC(=O)[C@H](CC(C)C)NN[C@@H](CCC(N)=O)C(=O)CN[C@@H](C)C(=O)CC(=O)[C@H](Cc2c[nH]c3ccccc23)NN[C@@H](Cc2ccc(O)cc2)C(=O)N[C@@H](CCC(=O)O)C(=O)C1=O)[C@@H](C)O. The molecule has 0 aliphatic carbocycles. The molecule has 1 aromatic heterocycles. The van der Waals surface area contributed by atoms with E-state index >= 15 is 19.2 Å². The van der Waals surface area contributed by atoms with E-state index in [0.29, 0.717) is 27.6 Å². The predicted octanol–water partition coefficient (Wildman–Crippen LogP) is 0.518. The molecule has 43 nitrogen and oxygen atoms in total. The third-order valence-corrected chi connectivity index (χ3v) is 26.2. The Balaban J connectivity index is 1.47. The van der Waals surface area contributed by atoms with Crippen molar-refractivity contribution < 1.29 is 111 Å². The zero-order chi connectivity index (χ0) is 112. The summed E-state index contributed by atoms with van der Waals surface area (Å²) in [5, 5.41) is 63.7. The largest absolute Gasteiger partial charge is 0.508 e. The number of carboxylic acid groups (broad SMARTS) is 1. The van der Waals surface area contributed by atoms with Crippen LogP contribution in [0.2, 0.25) is 0 Å². The fourth-order valence-electron chi connectivity index (χ4n) is 16.3. The van der Waals surface area contributed by atoms with Crippen LogP contribution in [0.1, 0.15) is 243 Å². The lowest BCUT2D eigenvalue weighted by Crippen LogP contribution is -2.65. The maximum Gasteiger partial charge on any atom is 0.303 e. The molecule has 3 aromatic carbocycles. The van der Waals surface area contributed by atoms with E-state index in [0.717, 1.165) is 6.92 Å². The van der Waals surface area contributed by atoms with Crippen molar-refractivity contribution in [1.29, 1.82) is 0 Å². The number of phenolic OH excluding ortho intramolecular Hbond substituents is 1. The van der Waals surface area contributed by atoms with Crippen LogP contribution in [0.15, 0.2) is 85.1 Å². The predicted molar refractivity (Wildman–Crippen MR) is 561 cm³/mol. The van der Waals surface area contributed by atoms with Gasteiger partial charge in [-0.2, -0.15) is 0 Å². The quantitative estimate of drug-likeness (QED) is 0.00942. The van der Waals surface area contributed by atoms with Crippen LogP contribution >= 0.6 is 0 Å². The second-order valence-corrected chi connectivity index (χ2v) is 40.0. The smallest absolute Gasteiger partial charge is 0.303 e. The van der Waals surface area contributed by atoms with Crippen molar-refractivity contribution in [1.82, 2.24) is 96.0 Å². The highest BCUT2D eigenvalue weighted by molar-refractivity contribution is 6.43. The number of aliphatic hydroxyl groups excluding tert-OH is 1. The number of carbonyl (C=O) groups is 20. The molecule has 25 N–H and O–H groups in total. The van der Waals surface area contributed by atoms with E-state index in [1.807, 2.05) is 13.8 Å². The van der Waals surface area contributed by atoms with Gasteiger partial charge >= 0.3 is 5.97 Å². The number of nitrogens with one attached hydrogen (secondary N) is 18. The van der Waals surface area contributed by atoms with Gasteiger partial charge in [0.05, 0.1) is 103 Å². The second-order valence-electron chi connectivity index (χ2n) is 40.0. The van der Waals surface area contributed by atoms with Crippen molar-refractivity contribution in [3.63, 3.8) is 0 Å². The van der Waals surface area contributed by atoms with Crippen LogP contribution in [-0.2, 0) is 115 Å². The zero-order valence-corrected chi connectivity index (χ0v) is 88.9. The maximum absolute atomic E-state index is 15.6. The minimum atomic E-state index is -2.16. The lowest BCUT2D eigenvalue weighted by molar-refractivity contribution is -0.144. The van der Waals surface area contributed by atoms with Crippen molar-refractivity contribution in [3.05, 3.63) is 102 Å². The first kappa shape index (κ1) is 128. The number of Topliss-reactive ketones (excluding diaryl/α,β-unsaturated/α-hetero) is 13.